The molecule has 1 aromatic carbocycles. The van der Waals surface area contributed by atoms with Gasteiger partial charge in [0.2, 0.25) is 5.91 Å². The summed E-state index contributed by atoms with van der Waals surface area (Å²) in [5.74, 6) is -0.764. The number of fused-ring (bicyclic) bond motifs is 1. The Morgan fingerprint density at radius 3 is 2.96 bits per heavy atom. The van der Waals surface area contributed by atoms with Crippen molar-refractivity contribution in [1.29, 1.82) is 0 Å². The molecule has 0 radical (unpaired) electrons. The van der Waals surface area contributed by atoms with Crippen LogP contribution in [0.5, 0.6) is 0 Å². The summed E-state index contributed by atoms with van der Waals surface area (Å²) in [7, 11) is 0. The van der Waals surface area contributed by atoms with Gasteiger partial charge in [0.25, 0.3) is 0 Å². The second kappa shape index (κ2) is 7.51. The van der Waals surface area contributed by atoms with Gasteiger partial charge in [0.05, 0.1) is 18.7 Å². The molecule has 144 valence electrons. The zero-order valence-corrected chi connectivity index (χ0v) is 15.4. The molecule has 1 atom stereocenters. The molecule has 8 nitrogen and oxygen atoms in total. The highest BCUT2D eigenvalue weighted by Gasteiger charge is 2.31. The minimum Gasteiger partial charge on any atom is -0.309 e. The van der Waals surface area contributed by atoms with Crippen LogP contribution in [0.15, 0.2) is 41.6 Å². The highest BCUT2D eigenvalue weighted by molar-refractivity contribution is 6.31. The van der Waals surface area contributed by atoms with Crippen molar-refractivity contribution in [2.45, 2.75) is 31.8 Å². The smallest absolute Gasteiger partial charge is 0.309 e. The van der Waals surface area contributed by atoms with Gasteiger partial charge in [0.1, 0.15) is 11.6 Å². The number of nitrogens with one attached hydrogen (secondary N) is 1. The summed E-state index contributed by atoms with van der Waals surface area (Å²) >= 11 is 6.06. The van der Waals surface area contributed by atoms with E-state index in [4.69, 9.17) is 11.6 Å². The van der Waals surface area contributed by atoms with E-state index in [0.29, 0.717) is 31.0 Å². The molecular formula is C18H16ClFN6O2. The van der Waals surface area contributed by atoms with Gasteiger partial charge in [-0.3, -0.25) is 14.3 Å². The van der Waals surface area contributed by atoms with Crippen LogP contribution in [0.3, 0.4) is 0 Å². The first kappa shape index (κ1) is 18.3. The number of carbonyl (C=O) groups excluding carboxylic acids is 1. The van der Waals surface area contributed by atoms with Crippen molar-refractivity contribution >= 4 is 23.3 Å². The topological polar surface area (TPSA) is 94.7 Å². The van der Waals surface area contributed by atoms with E-state index in [9.17, 15) is 14.0 Å². The number of carbonyl (C=O) groups is 1. The lowest BCUT2D eigenvalue weighted by atomic mass is 9.98. The first-order valence-electron chi connectivity index (χ1n) is 8.72. The highest BCUT2D eigenvalue weighted by Crippen LogP contribution is 2.26. The maximum absolute atomic E-state index is 14.1. The van der Waals surface area contributed by atoms with E-state index in [0.717, 1.165) is 4.68 Å². The van der Waals surface area contributed by atoms with Crippen LogP contribution in [0.1, 0.15) is 30.1 Å². The van der Waals surface area contributed by atoms with Crippen molar-refractivity contribution in [3.05, 3.63) is 69.5 Å². The minimum atomic E-state index is -0.610. The molecule has 0 aliphatic carbocycles. The molecule has 0 saturated carbocycles. The predicted molar refractivity (Wildman–Crippen MR) is 99.6 cm³/mol. The summed E-state index contributed by atoms with van der Waals surface area (Å²) in [6.07, 6.45) is 5.61. The molecule has 1 aliphatic rings. The number of benzene rings is 1. The van der Waals surface area contributed by atoms with Gasteiger partial charge in [-0.15, -0.1) is 0 Å². The lowest BCUT2D eigenvalue weighted by Gasteiger charge is -2.20. The lowest BCUT2D eigenvalue weighted by Crippen LogP contribution is -2.32. The van der Waals surface area contributed by atoms with Crippen molar-refractivity contribution in [3.8, 4) is 0 Å². The molecule has 1 amide bonds. The predicted octanol–water partition coefficient (Wildman–Crippen LogP) is 2.19. The molecule has 4 rings (SSSR count). The van der Waals surface area contributed by atoms with Gasteiger partial charge in [0.15, 0.2) is 5.82 Å². The van der Waals surface area contributed by atoms with Crippen molar-refractivity contribution < 1.29 is 9.18 Å². The number of hydrogen-bond acceptors (Lipinski definition) is 5. The van der Waals surface area contributed by atoms with Gasteiger partial charge in [-0.25, -0.2) is 18.9 Å². The summed E-state index contributed by atoms with van der Waals surface area (Å²) < 4.78 is 16.7. The molecule has 3 aromatic rings. The fraction of sp³-hybridized carbons (Fsp3) is 0.278. The van der Waals surface area contributed by atoms with Crippen molar-refractivity contribution in [3.63, 3.8) is 0 Å². The normalized spacial score (nSPS) is 15.9. The van der Waals surface area contributed by atoms with Gasteiger partial charge >= 0.3 is 5.69 Å². The Morgan fingerprint density at radius 1 is 1.36 bits per heavy atom. The first-order chi connectivity index (χ1) is 13.5. The van der Waals surface area contributed by atoms with Gasteiger partial charge in [-0.05, 0) is 25.0 Å². The molecule has 1 aliphatic heterocycles. The molecule has 3 heterocycles. The summed E-state index contributed by atoms with van der Waals surface area (Å²) in [4.78, 5) is 33.3. The third-order valence-electron chi connectivity index (χ3n) is 4.64. The molecule has 0 spiro atoms. The number of amides is 1. The van der Waals surface area contributed by atoms with Gasteiger partial charge in [-0.2, -0.15) is 5.10 Å². The third-order valence-corrected chi connectivity index (χ3v) is 4.99. The van der Waals surface area contributed by atoms with Crippen molar-refractivity contribution in [2.75, 3.05) is 5.32 Å². The SMILES string of the molecule is O=C(Nc1cnccn1)C1CCCn2c1nn(Cc1c(F)cccc1Cl)c2=O. The maximum atomic E-state index is 14.1. The van der Waals surface area contributed by atoms with Crippen LogP contribution in [0.2, 0.25) is 5.02 Å². The van der Waals surface area contributed by atoms with E-state index in [1.54, 1.807) is 6.07 Å². The molecule has 0 fully saturated rings. The molecular weight excluding hydrogens is 387 g/mol. The third kappa shape index (κ3) is 3.40. The van der Waals surface area contributed by atoms with Crippen LogP contribution in [0, 0.1) is 5.82 Å². The van der Waals surface area contributed by atoms with Crippen LogP contribution >= 0.6 is 11.6 Å². The van der Waals surface area contributed by atoms with Gasteiger partial charge < -0.3 is 5.32 Å². The Hall–Kier alpha value is -3.07. The van der Waals surface area contributed by atoms with Crippen LogP contribution in [0.4, 0.5) is 10.2 Å². The molecule has 1 unspecified atom stereocenters. The molecule has 1 N–H and O–H groups in total. The Bertz CT molecular complexity index is 1060. The summed E-state index contributed by atoms with van der Waals surface area (Å²) in [5, 5.41) is 7.23. The Balaban J connectivity index is 1.64. The Kier molecular flexibility index (Phi) is 4.91. The monoisotopic (exact) mass is 402 g/mol. The molecule has 0 saturated heterocycles. The summed E-state index contributed by atoms with van der Waals surface area (Å²) in [5.41, 5.74) is -0.214. The zero-order chi connectivity index (χ0) is 19.7. The van der Waals surface area contributed by atoms with Crippen LogP contribution in [-0.4, -0.2) is 30.2 Å². The average Bonchev–Trinajstić information content (AvgIpc) is 3.01. The second-order valence-electron chi connectivity index (χ2n) is 6.42. The average molecular weight is 403 g/mol. The lowest BCUT2D eigenvalue weighted by molar-refractivity contribution is -0.118. The van der Waals surface area contributed by atoms with Crippen molar-refractivity contribution in [2.24, 2.45) is 0 Å². The molecule has 2 aromatic heterocycles. The second-order valence-corrected chi connectivity index (χ2v) is 6.83. The van der Waals surface area contributed by atoms with Gasteiger partial charge in [0, 0.05) is 29.5 Å². The van der Waals surface area contributed by atoms with Crippen LogP contribution in [-0.2, 0) is 17.9 Å². The van der Waals surface area contributed by atoms with Crippen LogP contribution in [0.25, 0.3) is 0 Å². The van der Waals surface area contributed by atoms with E-state index < -0.39 is 17.4 Å². The van der Waals surface area contributed by atoms with Crippen molar-refractivity contribution in [1.82, 2.24) is 24.3 Å². The Morgan fingerprint density at radius 2 is 2.21 bits per heavy atom. The first-order valence-corrected chi connectivity index (χ1v) is 9.09. The standard InChI is InChI=1S/C18H16ClFN6O2/c19-13-4-1-5-14(20)12(13)10-26-18(28)25-8-2-3-11(16(25)24-26)17(27)23-15-9-21-6-7-22-15/h1,4-7,9,11H,2-3,8,10H2,(H,22,23,27). The highest BCUT2D eigenvalue weighted by atomic mass is 35.5. The number of aromatic nitrogens is 5. The maximum Gasteiger partial charge on any atom is 0.346 e. The quantitative estimate of drug-likeness (QED) is 0.721. The molecule has 10 heteroatoms. The van der Waals surface area contributed by atoms with E-state index in [1.807, 2.05) is 0 Å². The minimum absolute atomic E-state index is 0.108. The number of rotatable bonds is 4. The molecule has 0 bridgehead atoms. The fourth-order valence-corrected chi connectivity index (χ4v) is 3.49. The molecule has 28 heavy (non-hydrogen) atoms. The number of halogens is 2. The van der Waals surface area contributed by atoms with E-state index in [-0.39, 0.29) is 23.0 Å². The summed E-state index contributed by atoms with van der Waals surface area (Å²) in [6, 6.07) is 4.33. The van der Waals surface area contributed by atoms with E-state index in [2.05, 4.69) is 20.4 Å². The van der Waals surface area contributed by atoms with Crippen LogP contribution < -0.4 is 11.0 Å². The fourth-order valence-electron chi connectivity index (χ4n) is 3.27. The Labute approximate surface area is 164 Å². The van der Waals surface area contributed by atoms with Gasteiger partial charge in [-0.1, -0.05) is 17.7 Å². The van der Waals surface area contributed by atoms with E-state index >= 15 is 0 Å². The van der Waals surface area contributed by atoms with E-state index in [1.165, 1.54) is 35.3 Å². The zero-order valence-electron chi connectivity index (χ0n) is 14.7. The number of anilines is 1. The number of nitrogens with zero attached hydrogens (tertiary/aromatic N) is 5. The number of hydrogen-bond donors (Lipinski definition) is 1. The largest absolute Gasteiger partial charge is 0.346 e. The summed E-state index contributed by atoms with van der Waals surface area (Å²) in [6.45, 7) is 0.344.